The minimum Gasteiger partial charge on any atom is -0.489 e. The lowest BCUT2D eigenvalue weighted by atomic mass is 10.0. The average molecular weight is 370 g/mol. The van der Waals surface area contributed by atoms with E-state index in [1.165, 1.54) is 16.3 Å². The zero-order valence-electron chi connectivity index (χ0n) is 15.0. The van der Waals surface area contributed by atoms with Gasteiger partial charge < -0.3 is 14.8 Å². The first-order chi connectivity index (χ1) is 12.8. The zero-order chi connectivity index (χ0) is 18.2. The van der Waals surface area contributed by atoms with Gasteiger partial charge >= 0.3 is 0 Å². The molecular weight excluding hydrogens is 346 g/mol. The van der Waals surface area contributed by atoms with Gasteiger partial charge in [0.25, 0.3) is 0 Å². The van der Waals surface area contributed by atoms with Crippen LogP contribution in [0.3, 0.4) is 0 Å². The highest BCUT2D eigenvalue weighted by atomic mass is 35.5. The van der Waals surface area contributed by atoms with Crippen molar-refractivity contribution in [2.45, 2.75) is 19.6 Å². The number of halogens is 1. The van der Waals surface area contributed by atoms with Gasteiger partial charge in [0.05, 0.1) is 0 Å². The molecule has 0 aromatic heterocycles. The Kier molecular flexibility index (Phi) is 6.89. The fourth-order valence-corrected chi connectivity index (χ4v) is 3.19. The van der Waals surface area contributed by atoms with Crippen LogP contribution >= 0.6 is 11.6 Å². The van der Waals surface area contributed by atoms with Crippen LogP contribution in [0.2, 0.25) is 5.02 Å². The fraction of sp³-hybridized carbons (Fsp3) is 0.273. The third-order valence-corrected chi connectivity index (χ3v) is 4.52. The fourth-order valence-electron chi connectivity index (χ4n) is 2.98. The molecule has 0 radical (unpaired) electrons. The Bertz CT molecular complexity index is 850. The molecule has 0 bridgehead atoms. The first-order valence-electron chi connectivity index (χ1n) is 8.85. The summed E-state index contributed by atoms with van der Waals surface area (Å²) in [5.41, 5.74) is 2.24. The second-order valence-electron chi connectivity index (χ2n) is 6.21. The van der Waals surface area contributed by atoms with Crippen LogP contribution in [0.4, 0.5) is 0 Å². The number of hydrogen-bond acceptors (Lipinski definition) is 3. The van der Waals surface area contributed by atoms with Crippen LogP contribution in [0, 0.1) is 0 Å². The molecule has 26 heavy (non-hydrogen) atoms. The molecule has 136 valence electrons. The largest absolute Gasteiger partial charge is 0.489 e. The van der Waals surface area contributed by atoms with Crippen molar-refractivity contribution in [3.63, 3.8) is 0 Å². The van der Waals surface area contributed by atoms with Crippen molar-refractivity contribution in [1.82, 2.24) is 5.32 Å². The van der Waals surface area contributed by atoms with E-state index in [0.29, 0.717) is 6.61 Å². The summed E-state index contributed by atoms with van der Waals surface area (Å²) in [6.45, 7) is 2.93. The van der Waals surface area contributed by atoms with Crippen molar-refractivity contribution in [2.24, 2.45) is 0 Å². The third-order valence-electron chi connectivity index (χ3n) is 4.28. The first kappa shape index (κ1) is 18.7. The van der Waals surface area contributed by atoms with Gasteiger partial charge in [-0.25, -0.2) is 0 Å². The molecular formula is C22H24ClNO2. The normalized spacial score (nSPS) is 11.0. The van der Waals surface area contributed by atoms with E-state index in [0.717, 1.165) is 42.5 Å². The molecule has 3 aromatic carbocycles. The van der Waals surface area contributed by atoms with E-state index in [1.54, 1.807) is 7.11 Å². The highest BCUT2D eigenvalue weighted by Crippen LogP contribution is 2.29. The minimum absolute atomic E-state index is 0.496. The molecule has 0 spiro atoms. The van der Waals surface area contributed by atoms with Gasteiger partial charge in [-0.15, -0.1) is 0 Å². The molecule has 0 unspecified atom stereocenters. The van der Waals surface area contributed by atoms with E-state index < -0.39 is 0 Å². The summed E-state index contributed by atoms with van der Waals surface area (Å²) in [5.74, 6) is 0.905. The van der Waals surface area contributed by atoms with Gasteiger partial charge in [-0.05, 0) is 47.5 Å². The Morgan fingerprint density at radius 3 is 2.73 bits per heavy atom. The van der Waals surface area contributed by atoms with E-state index in [4.69, 9.17) is 21.1 Å². The number of rotatable bonds is 9. The molecule has 0 aliphatic heterocycles. The van der Waals surface area contributed by atoms with Gasteiger partial charge in [0.1, 0.15) is 12.4 Å². The summed E-state index contributed by atoms with van der Waals surface area (Å²) >= 11 is 6.07. The summed E-state index contributed by atoms with van der Waals surface area (Å²) in [4.78, 5) is 0. The number of benzene rings is 3. The van der Waals surface area contributed by atoms with E-state index in [-0.39, 0.29) is 0 Å². The predicted molar refractivity (Wildman–Crippen MR) is 108 cm³/mol. The highest BCUT2D eigenvalue weighted by molar-refractivity contribution is 6.30. The molecule has 0 heterocycles. The Morgan fingerprint density at radius 2 is 1.88 bits per heavy atom. The molecule has 0 saturated heterocycles. The second kappa shape index (κ2) is 9.58. The van der Waals surface area contributed by atoms with Crippen LogP contribution in [-0.2, 0) is 17.9 Å². The van der Waals surface area contributed by atoms with Crippen molar-refractivity contribution in [2.75, 3.05) is 20.3 Å². The van der Waals surface area contributed by atoms with Gasteiger partial charge in [0, 0.05) is 30.8 Å². The predicted octanol–water partition coefficient (Wildman–Crippen LogP) is 5.20. The summed E-state index contributed by atoms with van der Waals surface area (Å²) < 4.78 is 11.3. The molecule has 1 N–H and O–H groups in total. The number of ether oxygens (including phenoxy) is 2. The quantitative estimate of drug-likeness (QED) is 0.526. The summed E-state index contributed by atoms with van der Waals surface area (Å²) in [5, 5.41) is 6.66. The molecule has 3 rings (SSSR count). The SMILES string of the molecule is COCCCNCc1c(OCc2cccc(Cl)c2)ccc2ccccc12. The maximum absolute atomic E-state index is 6.14. The molecule has 3 nitrogen and oxygen atoms in total. The van der Waals surface area contributed by atoms with E-state index >= 15 is 0 Å². The monoisotopic (exact) mass is 369 g/mol. The Morgan fingerprint density at radius 1 is 1.00 bits per heavy atom. The molecule has 0 atom stereocenters. The molecule has 0 amide bonds. The molecule has 0 aliphatic rings. The van der Waals surface area contributed by atoms with Crippen molar-refractivity contribution in [3.8, 4) is 5.75 Å². The van der Waals surface area contributed by atoms with Gasteiger partial charge in [-0.2, -0.15) is 0 Å². The average Bonchev–Trinajstić information content (AvgIpc) is 2.67. The second-order valence-corrected chi connectivity index (χ2v) is 6.64. The maximum Gasteiger partial charge on any atom is 0.124 e. The standard InChI is InChI=1S/C22H24ClNO2/c1-25-13-5-12-24-15-21-20-9-3-2-7-18(20)10-11-22(21)26-16-17-6-4-8-19(23)14-17/h2-4,6-11,14,24H,5,12-13,15-16H2,1H3. The molecule has 0 saturated carbocycles. The van der Waals surface area contributed by atoms with Crippen molar-refractivity contribution in [3.05, 3.63) is 76.8 Å². The van der Waals surface area contributed by atoms with Crippen molar-refractivity contribution in [1.29, 1.82) is 0 Å². The van der Waals surface area contributed by atoms with Crippen LogP contribution < -0.4 is 10.1 Å². The minimum atomic E-state index is 0.496. The molecule has 0 fully saturated rings. The molecule has 4 heteroatoms. The van der Waals surface area contributed by atoms with Gasteiger partial charge in [0.15, 0.2) is 0 Å². The summed E-state index contributed by atoms with van der Waals surface area (Å²) in [6.07, 6.45) is 0.986. The van der Waals surface area contributed by atoms with E-state index in [2.05, 4.69) is 41.7 Å². The maximum atomic E-state index is 6.14. The topological polar surface area (TPSA) is 30.5 Å². The smallest absolute Gasteiger partial charge is 0.124 e. The Hall–Kier alpha value is -2.07. The van der Waals surface area contributed by atoms with Crippen LogP contribution in [-0.4, -0.2) is 20.3 Å². The molecule has 3 aromatic rings. The van der Waals surface area contributed by atoms with Gasteiger partial charge in [-0.1, -0.05) is 54.1 Å². The number of fused-ring (bicyclic) bond motifs is 1. The van der Waals surface area contributed by atoms with Crippen LogP contribution in [0.1, 0.15) is 17.5 Å². The lowest BCUT2D eigenvalue weighted by molar-refractivity contribution is 0.194. The number of nitrogens with one attached hydrogen (secondary N) is 1. The van der Waals surface area contributed by atoms with Crippen LogP contribution in [0.15, 0.2) is 60.7 Å². The molecule has 0 aliphatic carbocycles. The highest BCUT2D eigenvalue weighted by Gasteiger charge is 2.09. The Balaban J connectivity index is 1.77. The lowest BCUT2D eigenvalue weighted by Crippen LogP contribution is -2.17. The van der Waals surface area contributed by atoms with Gasteiger partial charge in [-0.3, -0.25) is 0 Å². The zero-order valence-corrected chi connectivity index (χ0v) is 15.8. The summed E-state index contributed by atoms with van der Waals surface area (Å²) in [7, 11) is 1.73. The van der Waals surface area contributed by atoms with Crippen LogP contribution in [0.5, 0.6) is 5.75 Å². The summed E-state index contributed by atoms with van der Waals surface area (Å²) in [6, 6.07) is 20.3. The lowest BCUT2D eigenvalue weighted by Gasteiger charge is -2.15. The number of hydrogen-bond donors (Lipinski definition) is 1. The van der Waals surface area contributed by atoms with E-state index in [1.807, 2.05) is 24.3 Å². The Labute approximate surface area is 159 Å². The van der Waals surface area contributed by atoms with E-state index in [9.17, 15) is 0 Å². The van der Waals surface area contributed by atoms with Gasteiger partial charge in [0.2, 0.25) is 0 Å². The van der Waals surface area contributed by atoms with Crippen LogP contribution in [0.25, 0.3) is 10.8 Å². The van der Waals surface area contributed by atoms with Crippen molar-refractivity contribution < 1.29 is 9.47 Å². The third kappa shape index (κ3) is 4.98. The number of methoxy groups -OCH3 is 1. The first-order valence-corrected chi connectivity index (χ1v) is 9.23. The van der Waals surface area contributed by atoms with Crippen molar-refractivity contribution >= 4 is 22.4 Å².